The number of aliphatic hydroxyl groups is 1. The Hall–Kier alpha value is -4.00. The van der Waals surface area contributed by atoms with Crippen molar-refractivity contribution >= 4 is 12.2 Å². The first kappa shape index (κ1) is 26.6. The number of hydrogen-bond donors (Lipinski definition) is 1. The van der Waals surface area contributed by atoms with Crippen molar-refractivity contribution in [1.82, 2.24) is 14.5 Å². The fraction of sp³-hybridized carbons (Fsp3) is 0.273. The Kier molecular flexibility index (Phi) is 7.51. The molecule has 1 aliphatic rings. The average Bonchev–Trinajstić information content (AvgIpc) is 3.40. The van der Waals surface area contributed by atoms with E-state index in [-0.39, 0.29) is 0 Å². The van der Waals surface area contributed by atoms with Gasteiger partial charge in [0.05, 0.1) is 11.6 Å². The molecule has 3 aromatic carbocycles. The van der Waals surface area contributed by atoms with E-state index in [1.165, 1.54) is 4.57 Å². The lowest BCUT2D eigenvalue weighted by Gasteiger charge is -2.48. The second-order valence-electron chi connectivity index (χ2n) is 10.9. The molecule has 1 fully saturated rings. The summed E-state index contributed by atoms with van der Waals surface area (Å²) in [5, 5.41) is 11.1. The second-order valence-corrected chi connectivity index (χ2v) is 10.9. The van der Waals surface area contributed by atoms with Gasteiger partial charge in [-0.1, -0.05) is 91.0 Å². The third-order valence-corrected chi connectivity index (χ3v) is 7.10. The number of imidazole rings is 1. The van der Waals surface area contributed by atoms with Gasteiger partial charge < -0.3 is 9.84 Å². The Labute approximate surface area is 230 Å². The van der Waals surface area contributed by atoms with E-state index in [9.17, 15) is 9.90 Å². The molecule has 1 saturated heterocycles. The minimum Gasteiger partial charge on any atom is -0.443 e. The summed E-state index contributed by atoms with van der Waals surface area (Å²) >= 11 is 0. The first-order valence-corrected chi connectivity index (χ1v) is 13.4. The highest BCUT2D eigenvalue weighted by Gasteiger charge is 2.44. The molecule has 0 spiro atoms. The van der Waals surface area contributed by atoms with Crippen molar-refractivity contribution in [3.05, 3.63) is 131 Å². The Bertz CT molecular complexity index is 1330. The van der Waals surface area contributed by atoms with Crippen LogP contribution in [0.2, 0.25) is 0 Å². The largest absolute Gasteiger partial charge is 0.443 e. The number of carbonyl (C=O) groups excluding carboxylic acids is 1. The van der Waals surface area contributed by atoms with E-state index < -0.39 is 23.3 Å². The van der Waals surface area contributed by atoms with Crippen LogP contribution < -0.4 is 0 Å². The molecule has 39 heavy (non-hydrogen) atoms. The minimum atomic E-state index is -0.648. The maximum absolute atomic E-state index is 12.8. The van der Waals surface area contributed by atoms with Gasteiger partial charge in [-0.25, -0.2) is 14.3 Å². The van der Waals surface area contributed by atoms with Gasteiger partial charge in [0.25, 0.3) is 0 Å². The highest BCUT2D eigenvalue weighted by Crippen LogP contribution is 2.44. The Balaban J connectivity index is 1.62. The van der Waals surface area contributed by atoms with Crippen LogP contribution >= 0.6 is 0 Å². The molecule has 2 heterocycles. The molecule has 1 atom stereocenters. The van der Waals surface area contributed by atoms with E-state index in [1.54, 1.807) is 12.4 Å². The number of ether oxygens (including phenoxy) is 1. The second kappa shape index (κ2) is 11.0. The van der Waals surface area contributed by atoms with Crippen LogP contribution in [-0.2, 0) is 10.3 Å². The van der Waals surface area contributed by atoms with Crippen LogP contribution in [-0.4, -0.2) is 50.4 Å². The number of likely N-dealkylation sites (tertiary alicyclic amines) is 1. The Morgan fingerprint density at radius 2 is 1.41 bits per heavy atom. The number of hydrogen-bond acceptors (Lipinski definition) is 5. The SMILES string of the molecule is CC(C)(C)OC(=O)n1ccnc1C=C1CN(C(c2ccccc2)(c2ccccc2)c2ccccc2)CCC1O. The van der Waals surface area contributed by atoms with Crippen molar-refractivity contribution < 1.29 is 14.6 Å². The van der Waals surface area contributed by atoms with Crippen molar-refractivity contribution in [3.63, 3.8) is 0 Å². The standard InChI is InChI=1S/C33H35N3O3/c1-32(2,3)39-31(38)36-22-20-34-30(36)23-25-24-35(21-19-29(25)37)33(26-13-7-4-8-14-26,27-15-9-5-10-16-27)28-17-11-6-12-18-28/h4-18,20,22-23,29,37H,19,21,24H2,1-3H3. The van der Waals surface area contributed by atoms with Gasteiger partial charge in [0, 0.05) is 25.5 Å². The quantitative estimate of drug-likeness (QED) is 0.321. The first-order valence-electron chi connectivity index (χ1n) is 13.4. The Morgan fingerprint density at radius 1 is 0.897 bits per heavy atom. The van der Waals surface area contributed by atoms with Gasteiger partial charge in [-0.2, -0.15) is 0 Å². The number of aromatic nitrogens is 2. The summed E-state index contributed by atoms with van der Waals surface area (Å²) < 4.78 is 6.96. The number of piperidine rings is 1. The fourth-order valence-corrected chi connectivity index (χ4v) is 5.44. The average molecular weight is 522 g/mol. The van der Waals surface area contributed by atoms with E-state index in [0.29, 0.717) is 25.3 Å². The number of nitrogens with zero attached hydrogens (tertiary/aromatic N) is 3. The molecular weight excluding hydrogens is 486 g/mol. The molecule has 1 unspecified atom stereocenters. The molecule has 0 bridgehead atoms. The summed E-state index contributed by atoms with van der Waals surface area (Å²) in [5.74, 6) is 0.435. The molecular formula is C33H35N3O3. The summed E-state index contributed by atoms with van der Waals surface area (Å²) in [6.07, 6.45) is 4.40. The molecule has 6 heteroatoms. The molecule has 6 nitrogen and oxygen atoms in total. The molecule has 1 aromatic heterocycles. The molecule has 5 rings (SSSR count). The highest BCUT2D eigenvalue weighted by molar-refractivity contribution is 5.74. The highest BCUT2D eigenvalue weighted by atomic mass is 16.6. The van der Waals surface area contributed by atoms with Gasteiger partial charge >= 0.3 is 6.09 Å². The van der Waals surface area contributed by atoms with Gasteiger partial charge in [-0.3, -0.25) is 4.90 Å². The number of benzene rings is 3. The molecule has 0 aliphatic carbocycles. The smallest absolute Gasteiger partial charge is 0.420 e. The third kappa shape index (κ3) is 5.44. The van der Waals surface area contributed by atoms with E-state index in [0.717, 1.165) is 22.3 Å². The molecule has 0 amide bonds. The maximum Gasteiger partial charge on any atom is 0.420 e. The molecule has 0 radical (unpaired) electrons. The van der Waals surface area contributed by atoms with Gasteiger partial charge in [0.1, 0.15) is 11.4 Å². The van der Waals surface area contributed by atoms with E-state index >= 15 is 0 Å². The summed E-state index contributed by atoms with van der Waals surface area (Å²) in [5.41, 5.74) is 3.01. The molecule has 1 aliphatic heterocycles. The molecule has 1 N–H and O–H groups in total. The van der Waals surface area contributed by atoms with Crippen molar-refractivity contribution in [1.29, 1.82) is 0 Å². The van der Waals surface area contributed by atoms with Crippen LogP contribution in [0.1, 0.15) is 49.7 Å². The summed E-state index contributed by atoms with van der Waals surface area (Å²) in [4.78, 5) is 19.7. The van der Waals surface area contributed by atoms with Crippen LogP contribution in [0, 0.1) is 0 Å². The predicted octanol–water partition coefficient (Wildman–Crippen LogP) is 6.11. The van der Waals surface area contributed by atoms with Gasteiger partial charge in [0.2, 0.25) is 0 Å². The monoisotopic (exact) mass is 521 g/mol. The first-order chi connectivity index (χ1) is 18.8. The zero-order valence-corrected chi connectivity index (χ0v) is 22.7. The predicted molar refractivity (Wildman–Crippen MR) is 153 cm³/mol. The number of rotatable bonds is 5. The van der Waals surface area contributed by atoms with Crippen LogP contribution in [0.5, 0.6) is 0 Å². The van der Waals surface area contributed by atoms with Crippen LogP contribution in [0.4, 0.5) is 4.79 Å². The van der Waals surface area contributed by atoms with Crippen LogP contribution in [0.25, 0.3) is 6.08 Å². The van der Waals surface area contributed by atoms with Crippen LogP contribution in [0.15, 0.2) is 109 Å². The fourth-order valence-electron chi connectivity index (χ4n) is 5.44. The topological polar surface area (TPSA) is 67.6 Å². The van der Waals surface area contributed by atoms with E-state index in [4.69, 9.17) is 4.74 Å². The minimum absolute atomic E-state index is 0.435. The lowest BCUT2D eigenvalue weighted by molar-refractivity contribution is 0.0535. The summed E-state index contributed by atoms with van der Waals surface area (Å²) in [6.45, 7) is 6.66. The van der Waals surface area contributed by atoms with Crippen molar-refractivity contribution in [2.45, 2.75) is 44.4 Å². The van der Waals surface area contributed by atoms with E-state index in [1.807, 2.05) is 45.0 Å². The Morgan fingerprint density at radius 3 is 1.90 bits per heavy atom. The maximum atomic E-state index is 12.8. The van der Waals surface area contributed by atoms with Gasteiger partial charge in [-0.05, 0) is 55.5 Å². The van der Waals surface area contributed by atoms with Crippen molar-refractivity contribution in [2.75, 3.05) is 13.1 Å². The zero-order valence-electron chi connectivity index (χ0n) is 22.7. The van der Waals surface area contributed by atoms with Crippen LogP contribution in [0.3, 0.4) is 0 Å². The van der Waals surface area contributed by atoms with Crippen molar-refractivity contribution in [3.8, 4) is 0 Å². The van der Waals surface area contributed by atoms with Crippen molar-refractivity contribution in [2.24, 2.45) is 0 Å². The summed E-state index contributed by atoms with van der Waals surface area (Å²) in [6, 6.07) is 31.6. The normalized spacial score (nSPS) is 17.7. The van der Waals surface area contributed by atoms with Gasteiger partial charge in [0.15, 0.2) is 0 Å². The number of aliphatic hydroxyl groups excluding tert-OH is 1. The molecule has 200 valence electrons. The molecule has 0 saturated carbocycles. The lowest BCUT2D eigenvalue weighted by atomic mass is 9.74. The van der Waals surface area contributed by atoms with E-state index in [2.05, 4.69) is 82.7 Å². The molecule has 4 aromatic rings. The zero-order chi connectivity index (χ0) is 27.5. The van der Waals surface area contributed by atoms with Gasteiger partial charge in [-0.15, -0.1) is 0 Å². The summed E-state index contributed by atoms with van der Waals surface area (Å²) in [7, 11) is 0. The number of carbonyl (C=O) groups is 1. The third-order valence-electron chi connectivity index (χ3n) is 7.10. The lowest BCUT2D eigenvalue weighted by Crippen LogP contribution is -2.52.